The molecule has 1 saturated heterocycles. The van der Waals surface area contributed by atoms with Crippen LogP contribution in [0.4, 0.5) is 4.39 Å². The van der Waals surface area contributed by atoms with E-state index in [1.54, 1.807) is 6.07 Å². The third kappa shape index (κ3) is 2.90. The van der Waals surface area contributed by atoms with Crippen LogP contribution >= 0.6 is 23.8 Å². The van der Waals surface area contributed by atoms with Gasteiger partial charge in [-0.15, -0.1) is 0 Å². The van der Waals surface area contributed by atoms with Crippen LogP contribution in [-0.2, 0) is 4.74 Å². The number of nitrogens with zero attached hydrogens (tertiary/aromatic N) is 3. The molecule has 1 fully saturated rings. The summed E-state index contributed by atoms with van der Waals surface area (Å²) in [5.41, 5.74) is 0.209. The summed E-state index contributed by atoms with van der Waals surface area (Å²) in [5, 5.41) is 11.3. The second kappa shape index (κ2) is 6.05. The van der Waals surface area contributed by atoms with E-state index in [0.29, 0.717) is 17.2 Å². The molecule has 5 nitrogen and oxygen atoms in total. The van der Waals surface area contributed by atoms with Gasteiger partial charge in [-0.1, -0.05) is 17.7 Å². The number of hydrogen-bond acceptors (Lipinski definition) is 4. The second-order valence-electron chi connectivity index (χ2n) is 4.58. The number of aromatic amines is 1. The van der Waals surface area contributed by atoms with Crippen molar-refractivity contribution in [1.82, 2.24) is 14.9 Å². The standard InChI is InChI=1S/C13H12ClFN4OS/c14-9-3-1-4-10(15)8(9)7-16-19-12(17-18-13(19)21)11-5-2-6-20-11/h1,3-4,7,11H,2,5-6H2,(H,18,21)/b16-7-. The van der Waals surface area contributed by atoms with Crippen LogP contribution in [0.3, 0.4) is 0 Å². The molecule has 1 aliphatic heterocycles. The molecule has 1 aromatic carbocycles. The quantitative estimate of drug-likeness (QED) is 0.694. The number of H-pyrrole nitrogens is 1. The largest absolute Gasteiger partial charge is 0.370 e. The highest BCUT2D eigenvalue weighted by Gasteiger charge is 2.23. The molecule has 8 heteroatoms. The first kappa shape index (κ1) is 14.4. The first-order valence-electron chi connectivity index (χ1n) is 6.44. The van der Waals surface area contributed by atoms with E-state index in [4.69, 9.17) is 28.6 Å². The average Bonchev–Trinajstić information content (AvgIpc) is 3.08. The van der Waals surface area contributed by atoms with Gasteiger partial charge in [-0.05, 0) is 37.2 Å². The molecule has 0 aliphatic carbocycles. The van der Waals surface area contributed by atoms with Crippen molar-refractivity contribution in [2.75, 3.05) is 6.61 Å². The van der Waals surface area contributed by atoms with Crippen molar-refractivity contribution in [2.24, 2.45) is 5.10 Å². The third-order valence-electron chi connectivity index (χ3n) is 3.20. The van der Waals surface area contributed by atoms with E-state index in [-0.39, 0.29) is 16.7 Å². The fourth-order valence-corrected chi connectivity index (χ4v) is 2.55. The number of rotatable bonds is 3. The average molecular weight is 327 g/mol. The molecular weight excluding hydrogens is 315 g/mol. The lowest BCUT2D eigenvalue weighted by atomic mass is 10.2. The molecule has 1 unspecified atom stereocenters. The molecule has 2 aromatic rings. The Bertz CT molecular complexity index is 716. The van der Waals surface area contributed by atoms with Crippen LogP contribution in [0.2, 0.25) is 5.02 Å². The predicted molar refractivity (Wildman–Crippen MR) is 79.7 cm³/mol. The Hall–Kier alpha value is -1.57. The number of hydrogen-bond donors (Lipinski definition) is 1. The van der Waals surface area contributed by atoms with E-state index < -0.39 is 5.82 Å². The Balaban J connectivity index is 1.96. The van der Waals surface area contributed by atoms with Crippen LogP contribution in [0.15, 0.2) is 23.3 Å². The van der Waals surface area contributed by atoms with E-state index in [0.717, 1.165) is 12.8 Å². The lowest BCUT2D eigenvalue weighted by Crippen LogP contribution is -2.05. The van der Waals surface area contributed by atoms with Gasteiger partial charge < -0.3 is 4.74 Å². The van der Waals surface area contributed by atoms with Crippen molar-refractivity contribution in [3.63, 3.8) is 0 Å². The molecule has 1 aliphatic rings. The Morgan fingerprint density at radius 1 is 1.57 bits per heavy atom. The first-order valence-corrected chi connectivity index (χ1v) is 7.22. The molecule has 0 bridgehead atoms. The van der Waals surface area contributed by atoms with Gasteiger partial charge in [-0.3, -0.25) is 5.10 Å². The molecule has 1 N–H and O–H groups in total. The summed E-state index contributed by atoms with van der Waals surface area (Å²) in [4.78, 5) is 0. The molecule has 0 spiro atoms. The van der Waals surface area contributed by atoms with Crippen molar-refractivity contribution in [1.29, 1.82) is 0 Å². The van der Waals surface area contributed by atoms with E-state index >= 15 is 0 Å². The van der Waals surface area contributed by atoms with Gasteiger partial charge in [-0.2, -0.15) is 14.9 Å². The maximum Gasteiger partial charge on any atom is 0.216 e. The number of aromatic nitrogens is 3. The second-order valence-corrected chi connectivity index (χ2v) is 5.37. The monoisotopic (exact) mass is 326 g/mol. The van der Waals surface area contributed by atoms with Crippen LogP contribution in [0, 0.1) is 10.6 Å². The van der Waals surface area contributed by atoms with Gasteiger partial charge in [0.15, 0.2) is 5.82 Å². The van der Waals surface area contributed by atoms with Gasteiger partial charge in [0.1, 0.15) is 11.9 Å². The van der Waals surface area contributed by atoms with Crippen LogP contribution < -0.4 is 0 Å². The highest BCUT2D eigenvalue weighted by Crippen LogP contribution is 2.27. The number of ether oxygens (including phenoxy) is 1. The molecule has 110 valence electrons. The van der Waals surface area contributed by atoms with E-state index in [9.17, 15) is 4.39 Å². The smallest absolute Gasteiger partial charge is 0.216 e. The number of nitrogens with one attached hydrogen (secondary N) is 1. The fourth-order valence-electron chi connectivity index (χ4n) is 2.15. The summed E-state index contributed by atoms with van der Waals surface area (Å²) < 4.78 is 21.1. The molecular formula is C13H12ClFN4OS. The minimum atomic E-state index is -0.445. The van der Waals surface area contributed by atoms with Gasteiger partial charge in [0, 0.05) is 12.2 Å². The highest BCUT2D eigenvalue weighted by molar-refractivity contribution is 7.71. The van der Waals surface area contributed by atoms with Crippen LogP contribution in [0.1, 0.15) is 30.3 Å². The van der Waals surface area contributed by atoms with Crippen molar-refractivity contribution in [3.05, 3.63) is 45.2 Å². The molecule has 21 heavy (non-hydrogen) atoms. The minimum Gasteiger partial charge on any atom is -0.370 e. The maximum atomic E-state index is 13.7. The van der Waals surface area contributed by atoms with Crippen molar-refractivity contribution in [2.45, 2.75) is 18.9 Å². The minimum absolute atomic E-state index is 0.147. The van der Waals surface area contributed by atoms with Gasteiger partial charge in [0.25, 0.3) is 0 Å². The van der Waals surface area contributed by atoms with Crippen molar-refractivity contribution in [3.8, 4) is 0 Å². The summed E-state index contributed by atoms with van der Waals surface area (Å²) in [5.74, 6) is 0.140. The molecule has 2 heterocycles. The maximum absolute atomic E-state index is 13.7. The molecule has 0 radical (unpaired) electrons. The van der Waals surface area contributed by atoms with E-state index in [2.05, 4.69) is 15.3 Å². The summed E-state index contributed by atoms with van der Waals surface area (Å²) >= 11 is 11.1. The summed E-state index contributed by atoms with van der Waals surface area (Å²) in [7, 11) is 0. The predicted octanol–water partition coefficient (Wildman–Crippen LogP) is 3.47. The zero-order valence-electron chi connectivity index (χ0n) is 10.9. The zero-order chi connectivity index (χ0) is 14.8. The summed E-state index contributed by atoms with van der Waals surface area (Å²) in [6, 6.07) is 4.46. The Morgan fingerprint density at radius 3 is 3.14 bits per heavy atom. The van der Waals surface area contributed by atoms with E-state index in [1.165, 1.54) is 23.0 Å². The Labute approximate surface area is 130 Å². The molecule has 1 aromatic heterocycles. The summed E-state index contributed by atoms with van der Waals surface area (Å²) in [6.45, 7) is 0.688. The zero-order valence-corrected chi connectivity index (χ0v) is 12.5. The first-order chi connectivity index (χ1) is 10.2. The molecule has 0 amide bonds. The highest BCUT2D eigenvalue weighted by atomic mass is 35.5. The van der Waals surface area contributed by atoms with Crippen LogP contribution in [-0.4, -0.2) is 27.7 Å². The lowest BCUT2D eigenvalue weighted by molar-refractivity contribution is 0.102. The number of benzene rings is 1. The van der Waals surface area contributed by atoms with Gasteiger partial charge in [0.05, 0.1) is 11.2 Å². The van der Waals surface area contributed by atoms with Crippen LogP contribution in [0.5, 0.6) is 0 Å². The Morgan fingerprint density at radius 2 is 2.43 bits per heavy atom. The molecule has 3 rings (SSSR count). The normalized spacial score (nSPS) is 18.7. The molecule has 1 atom stereocenters. The topological polar surface area (TPSA) is 55.2 Å². The van der Waals surface area contributed by atoms with Gasteiger partial charge in [-0.25, -0.2) is 4.39 Å². The van der Waals surface area contributed by atoms with E-state index in [1.807, 2.05) is 0 Å². The van der Waals surface area contributed by atoms with Crippen LogP contribution in [0.25, 0.3) is 0 Å². The molecule has 0 saturated carbocycles. The number of halogens is 2. The van der Waals surface area contributed by atoms with Gasteiger partial charge in [0.2, 0.25) is 4.77 Å². The van der Waals surface area contributed by atoms with Crippen molar-refractivity contribution < 1.29 is 9.13 Å². The van der Waals surface area contributed by atoms with Crippen molar-refractivity contribution >= 4 is 30.0 Å². The fraction of sp³-hybridized carbons (Fsp3) is 0.308. The Kier molecular flexibility index (Phi) is 4.14. The summed E-state index contributed by atoms with van der Waals surface area (Å²) in [6.07, 6.45) is 3.01. The lowest BCUT2D eigenvalue weighted by Gasteiger charge is -2.07. The SMILES string of the molecule is Fc1cccc(Cl)c1/C=N\n1c(C2CCCO2)n[nH]c1=S. The van der Waals surface area contributed by atoms with Gasteiger partial charge >= 0.3 is 0 Å². The third-order valence-corrected chi connectivity index (χ3v) is 3.79.